The molecular weight excluding hydrogens is 281 g/mol. The van der Waals surface area contributed by atoms with Crippen LogP contribution < -0.4 is 0 Å². The van der Waals surface area contributed by atoms with Gasteiger partial charge in [0.25, 0.3) is 0 Å². The van der Waals surface area contributed by atoms with Crippen molar-refractivity contribution in [2.24, 2.45) is 0 Å². The van der Waals surface area contributed by atoms with Gasteiger partial charge in [0, 0.05) is 20.0 Å². The Labute approximate surface area is 109 Å². The van der Waals surface area contributed by atoms with Gasteiger partial charge in [-0.3, -0.25) is 0 Å². The Bertz CT molecular complexity index is 591. The first kappa shape index (κ1) is 15.5. The van der Waals surface area contributed by atoms with Crippen LogP contribution in [0, 0.1) is 11.3 Å². The third kappa shape index (κ3) is 3.68. The zero-order valence-corrected chi connectivity index (χ0v) is 10.8. The predicted octanol–water partition coefficient (Wildman–Crippen LogP) is 2.24. The topological polar surface area (TPSA) is 61.2 Å². The number of nitrogens with zero attached hydrogens (tertiary/aromatic N) is 2. The van der Waals surface area contributed by atoms with Crippen molar-refractivity contribution < 1.29 is 21.6 Å². The van der Waals surface area contributed by atoms with Gasteiger partial charge in [-0.2, -0.15) is 22.7 Å². The lowest BCUT2D eigenvalue weighted by atomic mass is 10.2. The summed E-state index contributed by atoms with van der Waals surface area (Å²) in [5.41, 5.74) is -1.03. The molecule has 0 aromatic heterocycles. The van der Waals surface area contributed by atoms with Crippen LogP contribution in [0.2, 0.25) is 0 Å². The van der Waals surface area contributed by atoms with Crippen LogP contribution in [0.3, 0.4) is 0 Å². The van der Waals surface area contributed by atoms with Crippen molar-refractivity contribution in [2.45, 2.75) is 17.5 Å². The summed E-state index contributed by atoms with van der Waals surface area (Å²) in [6.45, 7) is -0.0743. The van der Waals surface area contributed by atoms with Gasteiger partial charge in [0.15, 0.2) is 0 Å². The summed E-state index contributed by atoms with van der Waals surface area (Å²) in [6, 6.07) is 5.28. The second-order valence-electron chi connectivity index (χ2n) is 3.76. The average Bonchev–Trinajstić information content (AvgIpc) is 2.35. The van der Waals surface area contributed by atoms with Crippen LogP contribution in [-0.2, 0) is 16.2 Å². The van der Waals surface area contributed by atoms with E-state index in [9.17, 15) is 21.6 Å². The summed E-state index contributed by atoms with van der Waals surface area (Å²) >= 11 is 0. The zero-order chi connectivity index (χ0) is 14.7. The molecule has 0 bridgehead atoms. The van der Waals surface area contributed by atoms with Crippen molar-refractivity contribution in [3.63, 3.8) is 0 Å². The SMILES string of the molecule is CN(CCC#N)S(=O)(=O)c1cccc(C(F)(F)F)c1. The van der Waals surface area contributed by atoms with E-state index in [1.165, 1.54) is 7.05 Å². The number of nitriles is 1. The van der Waals surface area contributed by atoms with Crippen molar-refractivity contribution in [2.75, 3.05) is 13.6 Å². The van der Waals surface area contributed by atoms with Gasteiger partial charge in [-0.1, -0.05) is 6.07 Å². The monoisotopic (exact) mass is 292 g/mol. The average molecular weight is 292 g/mol. The van der Waals surface area contributed by atoms with Crippen molar-refractivity contribution in [1.29, 1.82) is 5.26 Å². The number of rotatable bonds is 4. The molecule has 0 aliphatic heterocycles. The fourth-order valence-electron chi connectivity index (χ4n) is 1.34. The van der Waals surface area contributed by atoms with E-state index in [2.05, 4.69) is 0 Å². The standard InChI is InChI=1S/C11H11F3N2O2S/c1-16(7-3-6-15)19(17,18)10-5-2-4-9(8-10)11(12,13)14/h2,4-5,8H,3,7H2,1H3. The summed E-state index contributed by atoms with van der Waals surface area (Å²) < 4.78 is 62.3. The second-order valence-corrected chi connectivity index (χ2v) is 5.81. The van der Waals surface area contributed by atoms with Gasteiger partial charge in [-0.15, -0.1) is 0 Å². The first-order valence-electron chi connectivity index (χ1n) is 5.20. The van der Waals surface area contributed by atoms with E-state index in [0.717, 1.165) is 22.5 Å². The number of benzene rings is 1. The zero-order valence-electron chi connectivity index (χ0n) is 9.98. The first-order valence-corrected chi connectivity index (χ1v) is 6.64. The van der Waals surface area contributed by atoms with Gasteiger partial charge >= 0.3 is 6.18 Å². The van der Waals surface area contributed by atoms with Crippen LogP contribution in [0.1, 0.15) is 12.0 Å². The van der Waals surface area contributed by atoms with E-state index in [-0.39, 0.29) is 13.0 Å². The van der Waals surface area contributed by atoms with Crippen LogP contribution in [0.25, 0.3) is 0 Å². The summed E-state index contributed by atoms with van der Waals surface area (Å²) in [6.07, 6.45) is -4.63. The third-order valence-electron chi connectivity index (χ3n) is 2.41. The normalized spacial score (nSPS) is 12.4. The Morgan fingerprint density at radius 2 is 2.00 bits per heavy atom. The lowest BCUT2D eigenvalue weighted by Crippen LogP contribution is -2.28. The Hall–Kier alpha value is -1.59. The molecule has 104 valence electrons. The van der Waals surface area contributed by atoms with Crippen LogP contribution in [-0.4, -0.2) is 26.3 Å². The number of halogens is 3. The molecule has 0 spiro atoms. The number of hydrogen-bond donors (Lipinski definition) is 0. The number of sulfonamides is 1. The molecule has 1 rings (SSSR count). The molecule has 0 unspecified atom stereocenters. The predicted molar refractivity (Wildman–Crippen MR) is 61.5 cm³/mol. The van der Waals surface area contributed by atoms with Crippen LogP contribution in [0.4, 0.5) is 13.2 Å². The minimum atomic E-state index is -4.60. The molecule has 0 aliphatic carbocycles. The van der Waals surface area contributed by atoms with E-state index < -0.39 is 26.7 Å². The fraction of sp³-hybridized carbons (Fsp3) is 0.364. The molecule has 0 atom stereocenters. The summed E-state index contributed by atoms with van der Waals surface area (Å²) in [5, 5.41) is 8.38. The maximum atomic E-state index is 12.5. The Morgan fingerprint density at radius 3 is 2.53 bits per heavy atom. The molecule has 0 saturated heterocycles. The maximum absolute atomic E-state index is 12.5. The van der Waals surface area contributed by atoms with Gasteiger partial charge < -0.3 is 0 Å². The van der Waals surface area contributed by atoms with Crippen molar-refractivity contribution in [3.05, 3.63) is 29.8 Å². The largest absolute Gasteiger partial charge is 0.416 e. The highest BCUT2D eigenvalue weighted by Crippen LogP contribution is 2.30. The van der Waals surface area contributed by atoms with Crippen LogP contribution >= 0.6 is 0 Å². The molecular formula is C11H11F3N2O2S. The lowest BCUT2D eigenvalue weighted by molar-refractivity contribution is -0.137. The molecule has 1 aromatic carbocycles. The molecule has 4 nitrogen and oxygen atoms in total. The Balaban J connectivity index is 3.13. The Kier molecular flexibility index (Phi) is 4.55. The van der Waals surface area contributed by atoms with Gasteiger partial charge in [0.1, 0.15) is 0 Å². The molecule has 8 heteroatoms. The van der Waals surface area contributed by atoms with Gasteiger partial charge in [0.05, 0.1) is 16.5 Å². The van der Waals surface area contributed by atoms with E-state index in [1.54, 1.807) is 6.07 Å². The molecule has 0 amide bonds. The van der Waals surface area contributed by atoms with E-state index in [0.29, 0.717) is 6.07 Å². The fourth-order valence-corrected chi connectivity index (χ4v) is 2.56. The molecule has 0 fully saturated rings. The summed E-state index contributed by atoms with van der Waals surface area (Å²) in [5.74, 6) is 0. The first-order chi connectivity index (χ1) is 8.69. The number of hydrogen-bond acceptors (Lipinski definition) is 3. The lowest BCUT2D eigenvalue weighted by Gasteiger charge is -2.16. The minimum Gasteiger partial charge on any atom is -0.207 e. The van der Waals surface area contributed by atoms with Gasteiger partial charge in [0.2, 0.25) is 10.0 Å². The highest BCUT2D eigenvalue weighted by atomic mass is 32.2. The van der Waals surface area contributed by atoms with E-state index >= 15 is 0 Å². The number of alkyl halides is 3. The Morgan fingerprint density at radius 1 is 1.37 bits per heavy atom. The molecule has 0 N–H and O–H groups in total. The van der Waals surface area contributed by atoms with Crippen LogP contribution in [0.5, 0.6) is 0 Å². The highest BCUT2D eigenvalue weighted by Gasteiger charge is 2.32. The summed E-state index contributed by atoms with van der Waals surface area (Å²) in [7, 11) is -2.80. The molecule has 0 saturated carbocycles. The minimum absolute atomic E-state index is 0.0330. The molecule has 0 heterocycles. The van der Waals surface area contributed by atoms with E-state index in [4.69, 9.17) is 5.26 Å². The van der Waals surface area contributed by atoms with Crippen molar-refractivity contribution in [1.82, 2.24) is 4.31 Å². The smallest absolute Gasteiger partial charge is 0.207 e. The molecule has 0 radical (unpaired) electrons. The van der Waals surface area contributed by atoms with Gasteiger partial charge in [-0.05, 0) is 18.2 Å². The maximum Gasteiger partial charge on any atom is 0.416 e. The van der Waals surface area contributed by atoms with E-state index in [1.807, 2.05) is 0 Å². The molecule has 19 heavy (non-hydrogen) atoms. The summed E-state index contributed by atoms with van der Waals surface area (Å²) in [4.78, 5) is -0.442. The molecule has 1 aromatic rings. The second kappa shape index (κ2) is 5.59. The highest BCUT2D eigenvalue weighted by molar-refractivity contribution is 7.89. The van der Waals surface area contributed by atoms with Crippen molar-refractivity contribution >= 4 is 10.0 Å². The van der Waals surface area contributed by atoms with Gasteiger partial charge in [-0.25, -0.2) is 8.42 Å². The van der Waals surface area contributed by atoms with Crippen LogP contribution in [0.15, 0.2) is 29.2 Å². The van der Waals surface area contributed by atoms with Crippen molar-refractivity contribution in [3.8, 4) is 6.07 Å². The molecule has 0 aliphatic rings. The third-order valence-corrected chi connectivity index (χ3v) is 4.26. The quantitative estimate of drug-likeness (QED) is 0.855.